The summed E-state index contributed by atoms with van der Waals surface area (Å²) in [6.07, 6.45) is 0. The van der Waals surface area contributed by atoms with Crippen LogP contribution in [0.15, 0.2) is 77.6 Å². The number of amides is 1. The Labute approximate surface area is 237 Å². The molecular formula is C31H35FN4O5. The molecule has 4 aromatic rings. The van der Waals surface area contributed by atoms with Crippen LogP contribution in [0, 0.1) is 5.82 Å². The molecule has 3 aromatic carbocycles. The first-order valence-corrected chi connectivity index (χ1v) is 13.7. The number of aliphatic hydroxyl groups is 1. The fourth-order valence-corrected chi connectivity index (χ4v) is 5.27. The van der Waals surface area contributed by atoms with Crippen molar-refractivity contribution in [2.75, 3.05) is 39.4 Å². The van der Waals surface area contributed by atoms with Gasteiger partial charge in [-0.05, 0) is 54.1 Å². The smallest absolute Gasteiger partial charge is 0.328 e. The van der Waals surface area contributed by atoms with E-state index < -0.39 is 5.60 Å². The lowest BCUT2D eigenvalue weighted by molar-refractivity contribution is -0.132. The largest absolute Gasteiger partial charge is 0.492 e. The van der Waals surface area contributed by atoms with Gasteiger partial charge in [0.15, 0.2) is 0 Å². The van der Waals surface area contributed by atoms with E-state index in [9.17, 15) is 19.1 Å². The number of ether oxygens (including phenoxy) is 2. The van der Waals surface area contributed by atoms with Crippen molar-refractivity contribution >= 4 is 16.9 Å². The van der Waals surface area contributed by atoms with Crippen LogP contribution >= 0.6 is 0 Å². The summed E-state index contributed by atoms with van der Waals surface area (Å²) in [6, 6.07) is 21.1. The topological polar surface area (TPSA) is 89.2 Å². The first-order valence-electron chi connectivity index (χ1n) is 13.7. The average Bonchev–Trinajstić information content (AvgIpc) is 3.09. The summed E-state index contributed by atoms with van der Waals surface area (Å²) in [5.74, 6) is 0.672. The van der Waals surface area contributed by atoms with E-state index in [0.29, 0.717) is 50.8 Å². The number of imidazole rings is 1. The summed E-state index contributed by atoms with van der Waals surface area (Å²) >= 11 is 0. The minimum absolute atomic E-state index is 0.0362. The van der Waals surface area contributed by atoms with Gasteiger partial charge >= 0.3 is 5.69 Å². The molecule has 1 aliphatic rings. The van der Waals surface area contributed by atoms with Gasteiger partial charge in [-0.15, -0.1) is 0 Å². The number of rotatable bonds is 9. The van der Waals surface area contributed by atoms with Crippen molar-refractivity contribution in [1.29, 1.82) is 0 Å². The van der Waals surface area contributed by atoms with Gasteiger partial charge in [-0.1, -0.05) is 24.3 Å². The molecule has 0 spiro atoms. The number of para-hydroxylation sites is 2. The normalized spacial score (nSPS) is 17.9. The Morgan fingerprint density at radius 2 is 1.59 bits per heavy atom. The van der Waals surface area contributed by atoms with Crippen molar-refractivity contribution in [3.63, 3.8) is 0 Å². The van der Waals surface area contributed by atoms with Crippen LogP contribution in [0.2, 0.25) is 0 Å². The highest BCUT2D eigenvalue weighted by molar-refractivity contribution is 5.75. The van der Waals surface area contributed by atoms with Gasteiger partial charge in [-0.3, -0.25) is 18.8 Å². The Kier molecular flexibility index (Phi) is 8.41. The van der Waals surface area contributed by atoms with E-state index in [1.165, 1.54) is 31.2 Å². The quantitative estimate of drug-likeness (QED) is 0.338. The van der Waals surface area contributed by atoms with E-state index in [4.69, 9.17) is 9.47 Å². The molecule has 1 atom stereocenters. The van der Waals surface area contributed by atoms with Crippen molar-refractivity contribution in [1.82, 2.24) is 18.9 Å². The van der Waals surface area contributed by atoms with Gasteiger partial charge in [-0.2, -0.15) is 0 Å². The van der Waals surface area contributed by atoms with Crippen molar-refractivity contribution < 1.29 is 23.8 Å². The Bertz CT molecular complexity index is 1550. The number of hydrogen-bond acceptors (Lipinski definition) is 6. The third-order valence-electron chi connectivity index (χ3n) is 7.42. The number of fused-ring (bicyclic) bond motifs is 1. The van der Waals surface area contributed by atoms with E-state index in [2.05, 4.69) is 4.90 Å². The molecule has 0 radical (unpaired) electrons. The van der Waals surface area contributed by atoms with Gasteiger partial charge in [0.2, 0.25) is 5.91 Å². The summed E-state index contributed by atoms with van der Waals surface area (Å²) in [4.78, 5) is 28.5. The number of carbonyl (C=O) groups excluding carboxylic acids is 1. The summed E-state index contributed by atoms with van der Waals surface area (Å²) in [5.41, 5.74) is 1.41. The molecule has 1 unspecified atom stereocenters. The van der Waals surface area contributed by atoms with Crippen LogP contribution < -0.4 is 15.2 Å². The Balaban J connectivity index is 1.19. The molecule has 216 valence electrons. The predicted octanol–water partition coefficient (Wildman–Crippen LogP) is 3.03. The maximum atomic E-state index is 13.3. The van der Waals surface area contributed by atoms with Gasteiger partial charge < -0.3 is 19.5 Å². The zero-order valence-electron chi connectivity index (χ0n) is 23.3. The summed E-state index contributed by atoms with van der Waals surface area (Å²) in [6.45, 7) is 4.33. The fourth-order valence-electron chi connectivity index (χ4n) is 5.27. The standard InChI is InChI=1S/C31H35FN4O5/c1-23(37)35-16-15-34(20-31(39,21-35)22-41-27-13-9-25(32)10-14-27)19-24-7-11-26(12-8-24)40-18-17-36-29-6-4-3-5-28(29)33(2)30(36)38/h3-14,39H,15-22H2,1-2H3. The number of benzene rings is 3. The summed E-state index contributed by atoms with van der Waals surface area (Å²) in [7, 11) is 1.77. The van der Waals surface area contributed by atoms with Gasteiger partial charge in [0.25, 0.3) is 0 Å². The van der Waals surface area contributed by atoms with E-state index in [0.717, 1.165) is 16.6 Å². The number of aromatic nitrogens is 2. The number of halogens is 1. The highest BCUT2D eigenvalue weighted by Crippen LogP contribution is 2.21. The van der Waals surface area contributed by atoms with Gasteiger partial charge in [0, 0.05) is 40.2 Å². The predicted molar refractivity (Wildman–Crippen MR) is 153 cm³/mol. The van der Waals surface area contributed by atoms with Crippen molar-refractivity contribution in [2.24, 2.45) is 7.05 Å². The minimum Gasteiger partial charge on any atom is -0.492 e. The number of β-amino-alcohol motifs (C(OH)–C–C–N with tert-alkyl or cyclic N) is 1. The minimum atomic E-state index is -1.31. The second-order valence-corrected chi connectivity index (χ2v) is 10.6. The summed E-state index contributed by atoms with van der Waals surface area (Å²) in [5, 5.41) is 11.5. The highest BCUT2D eigenvalue weighted by Gasteiger charge is 2.37. The molecule has 0 aliphatic carbocycles. The molecule has 1 aromatic heterocycles. The molecule has 10 heteroatoms. The molecule has 1 amide bonds. The lowest BCUT2D eigenvalue weighted by Crippen LogP contribution is -2.51. The number of carbonyl (C=O) groups is 1. The first kappa shape index (κ1) is 28.4. The first-order chi connectivity index (χ1) is 19.7. The molecule has 5 rings (SSSR count). The number of hydrogen-bond donors (Lipinski definition) is 1. The van der Waals surface area contributed by atoms with Crippen LogP contribution in [0.5, 0.6) is 11.5 Å². The molecular weight excluding hydrogens is 527 g/mol. The molecule has 0 saturated carbocycles. The molecule has 1 N–H and O–H groups in total. The zero-order valence-corrected chi connectivity index (χ0v) is 23.3. The van der Waals surface area contributed by atoms with Gasteiger partial charge in [-0.25, -0.2) is 9.18 Å². The SMILES string of the molecule is CC(=O)N1CCN(Cc2ccc(OCCn3c(=O)n(C)c4ccccc43)cc2)CC(O)(COc2ccc(F)cc2)C1. The Morgan fingerprint density at radius 1 is 0.927 bits per heavy atom. The second kappa shape index (κ2) is 12.2. The van der Waals surface area contributed by atoms with Crippen molar-refractivity contribution in [2.45, 2.75) is 25.6 Å². The van der Waals surface area contributed by atoms with E-state index >= 15 is 0 Å². The van der Waals surface area contributed by atoms with E-state index in [1.54, 1.807) is 21.1 Å². The lowest BCUT2D eigenvalue weighted by Gasteiger charge is -2.32. The third kappa shape index (κ3) is 6.78. The maximum Gasteiger partial charge on any atom is 0.328 e. The molecule has 41 heavy (non-hydrogen) atoms. The van der Waals surface area contributed by atoms with Crippen LogP contribution in [0.3, 0.4) is 0 Å². The zero-order chi connectivity index (χ0) is 29.0. The molecule has 9 nitrogen and oxygen atoms in total. The van der Waals surface area contributed by atoms with E-state index in [1.807, 2.05) is 48.5 Å². The maximum absolute atomic E-state index is 13.3. The fraction of sp³-hybridized carbons (Fsp3) is 0.355. The summed E-state index contributed by atoms with van der Waals surface area (Å²) < 4.78 is 28.3. The number of aryl methyl sites for hydroxylation is 1. The highest BCUT2D eigenvalue weighted by atomic mass is 19.1. The Hall–Kier alpha value is -4.15. The molecule has 2 heterocycles. The van der Waals surface area contributed by atoms with Gasteiger partial charge in [0.05, 0.1) is 24.1 Å². The van der Waals surface area contributed by atoms with Crippen LogP contribution in [0.4, 0.5) is 4.39 Å². The average molecular weight is 563 g/mol. The van der Waals surface area contributed by atoms with Crippen LogP contribution in [-0.2, 0) is 24.9 Å². The molecule has 1 aliphatic heterocycles. The molecule has 1 fully saturated rings. The molecule has 0 bridgehead atoms. The van der Waals surface area contributed by atoms with Crippen molar-refractivity contribution in [3.05, 3.63) is 94.7 Å². The van der Waals surface area contributed by atoms with Crippen LogP contribution in [0.25, 0.3) is 11.0 Å². The van der Waals surface area contributed by atoms with Crippen molar-refractivity contribution in [3.8, 4) is 11.5 Å². The third-order valence-corrected chi connectivity index (χ3v) is 7.42. The lowest BCUT2D eigenvalue weighted by atomic mass is 10.0. The number of nitrogens with zero attached hydrogens (tertiary/aromatic N) is 4. The monoisotopic (exact) mass is 562 g/mol. The molecule has 1 saturated heterocycles. The van der Waals surface area contributed by atoms with Crippen LogP contribution in [-0.4, -0.2) is 74.9 Å². The van der Waals surface area contributed by atoms with Gasteiger partial charge in [0.1, 0.15) is 36.1 Å². The van der Waals surface area contributed by atoms with E-state index in [-0.39, 0.29) is 30.6 Å². The second-order valence-electron chi connectivity index (χ2n) is 10.6. The Morgan fingerprint density at radius 3 is 2.29 bits per heavy atom. The van der Waals surface area contributed by atoms with Crippen LogP contribution in [0.1, 0.15) is 12.5 Å².